The average Bonchev–Trinajstić information content (AvgIpc) is 2.96. The maximum atomic E-state index is 8.96. The SMILES string of the molecule is COc1cccc(OC)c1-c1nc2ccc(C#N)cc2[nH]1. The van der Waals surface area contributed by atoms with Gasteiger partial charge in [0.05, 0.1) is 36.9 Å². The number of nitrogens with one attached hydrogen (secondary N) is 1. The standard InChI is InChI=1S/C16H13N3O2/c1-20-13-4-3-5-14(21-2)15(13)16-18-11-7-6-10(9-17)8-12(11)19-16/h3-8H,1-2H3,(H,18,19). The highest BCUT2D eigenvalue weighted by Crippen LogP contribution is 2.37. The van der Waals surface area contributed by atoms with Crippen LogP contribution in [0.5, 0.6) is 11.5 Å². The summed E-state index contributed by atoms with van der Waals surface area (Å²) in [6, 6.07) is 13.0. The number of hydrogen-bond donors (Lipinski definition) is 1. The van der Waals surface area contributed by atoms with Crippen molar-refractivity contribution in [3.8, 4) is 29.0 Å². The lowest BCUT2D eigenvalue weighted by molar-refractivity contribution is 0.397. The first-order chi connectivity index (χ1) is 10.3. The van der Waals surface area contributed by atoms with E-state index in [4.69, 9.17) is 14.7 Å². The monoisotopic (exact) mass is 279 g/mol. The molecule has 21 heavy (non-hydrogen) atoms. The zero-order chi connectivity index (χ0) is 14.8. The van der Waals surface area contributed by atoms with Gasteiger partial charge in [0, 0.05) is 0 Å². The van der Waals surface area contributed by atoms with Gasteiger partial charge in [-0.05, 0) is 30.3 Å². The molecule has 0 aliphatic carbocycles. The molecule has 0 saturated carbocycles. The summed E-state index contributed by atoms with van der Waals surface area (Å²) in [4.78, 5) is 7.76. The van der Waals surface area contributed by atoms with E-state index in [2.05, 4.69) is 16.0 Å². The minimum absolute atomic E-state index is 0.588. The molecule has 0 spiro atoms. The average molecular weight is 279 g/mol. The fourth-order valence-electron chi connectivity index (χ4n) is 2.28. The van der Waals surface area contributed by atoms with Crippen LogP contribution in [0.25, 0.3) is 22.4 Å². The zero-order valence-electron chi connectivity index (χ0n) is 11.7. The van der Waals surface area contributed by atoms with E-state index in [9.17, 15) is 0 Å². The van der Waals surface area contributed by atoms with Crippen LogP contribution in [-0.2, 0) is 0 Å². The molecular formula is C16H13N3O2. The third-order valence-electron chi connectivity index (χ3n) is 3.28. The van der Waals surface area contributed by atoms with Gasteiger partial charge in [-0.3, -0.25) is 0 Å². The second kappa shape index (κ2) is 5.17. The Kier molecular flexibility index (Phi) is 3.20. The van der Waals surface area contributed by atoms with Crippen molar-refractivity contribution in [1.82, 2.24) is 9.97 Å². The normalized spacial score (nSPS) is 10.3. The van der Waals surface area contributed by atoms with E-state index >= 15 is 0 Å². The van der Waals surface area contributed by atoms with E-state index in [0.717, 1.165) is 16.6 Å². The summed E-state index contributed by atoms with van der Waals surface area (Å²) in [6.45, 7) is 0. The Morgan fingerprint density at radius 1 is 1.10 bits per heavy atom. The first-order valence-corrected chi connectivity index (χ1v) is 6.38. The first-order valence-electron chi connectivity index (χ1n) is 6.38. The molecule has 0 atom stereocenters. The van der Waals surface area contributed by atoms with E-state index in [1.54, 1.807) is 26.4 Å². The molecule has 3 rings (SSSR count). The van der Waals surface area contributed by atoms with E-state index in [1.165, 1.54) is 0 Å². The zero-order valence-corrected chi connectivity index (χ0v) is 11.7. The van der Waals surface area contributed by atoms with E-state index in [1.807, 2.05) is 24.3 Å². The van der Waals surface area contributed by atoms with Crippen molar-refractivity contribution in [1.29, 1.82) is 5.26 Å². The highest BCUT2D eigenvalue weighted by molar-refractivity contribution is 5.83. The Morgan fingerprint density at radius 3 is 2.43 bits per heavy atom. The summed E-state index contributed by atoms with van der Waals surface area (Å²) in [5.41, 5.74) is 2.94. The smallest absolute Gasteiger partial charge is 0.146 e. The number of imidazole rings is 1. The molecule has 0 aliphatic heterocycles. The summed E-state index contributed by atoms with van der Waals surface area (Å²) >= 11 is 0. The number of benzene rings is 2. The van der Waals surface area contributed by atoms with E-state index < -0.39 is 0 Å². The third-order valence-corrected chi connectivity index (χ3v) is 3.28. The Balaban J connectivity index is 2.23. The summed E-state index contributed by atoms with van der Waals surface area (Å²) in [6.07, 6.45) is 0. The van der Waals surface area contributed by atoms with Crippen molar-refractivity contribution in [3.05, 3.63) is 42.0 Å². The van der Waals surface area contributed by atoms with Gasteiger partial charge in [0.25, 0.3) is 0 Å². The van der Waals surface area contributed by atoms with Crippen molar-refractivity contribution in [2.24, 2.45) is 0 Å². The Hall–Kier alpha value is -3.00. The fourth-order valence-corrected chi connectivity index (χ4v) is 2.28. The third kappa shape index (κ3) is 2.17. The van der Waals surface area contributed by atoms with Crippen LogP contribution >= 0.6 is 0 Å². The summed E-state index contributed by atoms with van der Waals surface area (Å²) < 4.78 is 10.8. The largest absolute Gasteiger partial charge is 0.496 e. The highest BCUT2D eigenvalue weighted by Gasteiger charge is 2.16. The topological polar surface area (TPSA) is 70.9 Å². The van der Waals surface area contributed by atoms with E-state index in [0.29, 0.717) is 22.9 Å². The van der Waals surface area contributed by atoms with Gasteiger partial charge >= 0.3 is 0 Å². The lowest BCUT2D eigenvalue weighted by Crippen LogP contribution is -1.93. The number of methoxy groups -OCH3 is 2. The molecule has 0 fully saturated rings. The van der Waals surface area contributed by atoms with Crippen LogP contribution in [0.4, 0.5) is 0 Å². The summed E-state index contributed by atoms with van der Waals surface area (Å²) in [5, 5.41) is 8.96. The molecular weight excluding hydrogens is 266 g/mol. The van der Waals surface area contributed by atoms with E-state index in [-0.39, 0.29) is 0 Å². The molecule has 3 aromatic rings. The second-order valence-corrected chi connectivity index (χ2v) is 4.47. The van der Waals surface area contributed by atoms with Crippen LogP contribution < -0.4 is 9.47 Å². The summed E-state index contributed by atoms with van der Waals surface area (Å²) in [5.74, 6) is 2.00. The van der Waals surface area contributed by atoms with Crippen molar-refractivity contribution in [2.45, 2.75) is 0 Å². The number of aromatic amines is 1. The van der Waals surface area contributed by atoms with Crippen molar-refractivity contribution in [2.75, 3.05) is 14.2 Å². The lowest BCUT2D eigenvalue weighted by Gasteiger charge is -2.10. The van der Waals surface area contributed by atoms with Gasteiger partial charge in [-0.25, -0.2) is 4.98 Å². The first kappa shape index (κ1) is 13.0. The molecule has 0 amide bonds. The molecule has 0 saturated heterocycles. The van der Waals surface area contributed by atoms with Gasteiger partial charge in [-0.1, -0.05) is 6.07 Å². The van der Waals surface area contributed by atoms with Crippen molar-refractivity contribution in [3.63, 3.8) is 0 Å². The molecule has 1 N–H and O–H groups in total. The highest BCUT2D eigenvalue weighted by atomic mass is 16.5. The molecule has 1 aromatic heterocycles. The number of hydrogen-bond acceptors (Lipinski definition) is 4. The maximum Gasteiger partial charge on any atom is 0.146 e. The van der Waals surface area contributed by atoms with Gasteiger partial charge in [0.1, 0.15) is 22.9 Å². The molecule has 1 heterocycles. The Morgan fingerprint density at radius 2 is 1.81 bits per heavy atom. The van der Waals surface area contributed by atoms with Crippen molar-refractivity contribution < 1.29 is 9.47 Å². The molecule has 0 aliphatic rings. The van der Waals surface area contributed by atoms with Crippen LogP contribution in [0, 0.1) is 11.3 Å². The minimum Gasteiger partial charge on any atom is -0.496 e. The van der Waals surface area contributed by atoms with Crippen LogP contribution in [0.3, 0.4) is 0 Å². The molecule has 2 aromatic carbocycles. The second-order valence-electron chi connectivity index (χ2n) is 4.47. The van der Waals surface area contributed by atoms with Crippen LogP contribution in [0.2, 0.25) is 0 Å². The predicted molar refractivity (Wildman–Crippen MR) is 79.3 cm³/mol. The van der Waals surface area contributed by atoms with Gasteiger partial charge in [0.2, 0.25) is 0 Å². The minimum atomic E-state index is 0.588. The Labute approximate surface area is 121 Å². The van der Waals surface area contributed by atoms with Crippen LogP contribution in [0.15, 0.2) is 36.4 Å². The quantitative estimate of drug-likeness (QED) is 0.799. The molecule has 0 radical (unpaired) electrons. The fraction of sp³-hybridized carbons (Fsp3) is 0.125. The molecule has 104 valence electrons. The molecule has 0 unspecified atom stereocenters. The molecule has 0 bridgehead atoms. The van der Waals surface area contributed by atoms with Gasteiger partial charge in [-0.15, -0.1) is 0 Å². The van der Waals surface area contributed by atoms with Crippen LogP contribution in [0.1, 0.15) is 5.56 Å². The number of ether oxygens (including phenoxy) is 2. The number of nitrogens with zero attached hydrogens (tertiary/aromatic N) is 2. The number of H-pyrrole nitrogens is 1. The molecule has 5 heteroatoms. The lowest BCUT2D eigenvalue weighted by atomic mass is 10.1. The predicted octanol–water partition coefficient (Wildman–Crippen LogP) is 3.12. The number of aromatic nitrogens is 2. The number of nitriles is 1. The number of fused-ring (bicyclic) bond motifs is 1. The van der Waals surface area contributed by atoms with Gasteiger partial charge in [-0.2, -0.15) is 5.26 Å². The summed E-state index contributed by atoms with van der Waals surface area (Å²) in [7, 11) is 3.21. The van der Waals surface area contributed by atoms with Crippen LogP contribution in [-0.4, -0.2) is 24.2 Å². The maximum absolute atomic E-state index is 8.96. The Bertz CT molecular complexity index is 824. The molecule has 5 nitrogen and oxygen atoms in total. The van der Waals surface area contributed by atoms with Gasteiger partial charge in [0.15, 0.2) is 0 Å². The van der Waals surface area contributed by atoms with Gasteiger partial charge < -0.3 is 14.5 Å². The van der Waals surface area contributed by atoms with Crippen molar-refractivity contribution >= 4 is 11.0 Å². The number of rotatable bonds is 3.